The fourth-order valence-corrected chi connectivity index (χ4v) is 2.54. The Morgan fingerprint density at radius 2 is 1.27 bits per heavy atom. The Balaban J connectivity index is 2.72. The Morgan fingerprint density at radius 3 is 1.60 bits per heavy atom. The first-order valence-corrected chi connectivity index (χ1v) is 5.48. The maximum Gasteiger partial charge on any atom is 0.303 e. The third kappa shape index (κ3) is 3.90. The molecule has 0 aromatic rings. The van der Waals surface area contributed by atoms with Crippen LogP contribution in [0.3, 0.4) is 0 Å². The van der Waals surface area contributed by atoms with Gasteiger partial charge in [0, 0.05) is 0 Å². The predicted molar refractivity (Wildman–Crippen MR) is 54.6 cm³/mol. The van der Waals surface area contributed by atoms with Crippen LogP contribution in [0.2, 0.25) is 0 Å². The molecule has 0 aromatic heterocycles. The third-order valence-electron chi connectivity index (χ3n) is 3.22. The van der Waals surface area contributed by atoms with E-state index in [1.165, 1.54) is 0 Å². The van der Waals surface area contributed by atoms with E-state index in [9.17, 15) is 9.59 Å². The van der Waals surface area contributed by atoms with Gasteiger partial charge in [0.2, 0.25) is 0 Å². The zero-order valence-electron chi connectivity index (χ0n) is 8.87. The molecule has 0 heterocycles. The summed E-state index contributed by atoms with van der Waals surface area (Å²) in [4.78, 5) is 21.5. The van der Waals surface area contributed by atoms with Gasteiger partial charge in [0.05, 0.1) is 12.8 Å². The summed E-state index contributed by atoms with van der Waals surface area (Å²) < 4.78 is 0. The van der Waals surface area contributed by atoms with Crippen molar-refractivity contribution in [1.29, 1.82) is 0 Å². The van der Waals surface area contributed by atoms with Gasteiger partial charge in [0.25, 0.3) is 0 Å². The lowest BCUT2D eigenvalue weighted by molar-refractivity contribution is -0.144. The predicted octanol–water partition coefficient (Wildman–Crippen LogP) is 2.28. The zero-order chi connectivity index (χ0) is 11.3. The van der Waals surface area contributed by atoms with Crippen LogP contribution in [0.5, 0.6) is 0 Å². The third-order valence-corrected chi connectivity index (χ3v) is 3.22. The SMILES string of the molecule is O=C(O)CC1(CC(=O)O)CCCCCC1. The van der Waals surface area contributed by atoms with E-state index in [1.807, 2.05) is 0 Å². The highest BCUT2D eigenvalue weighted by atomic mass is 16.4. The van der Waals surface area contributed by atoms with E-state index >= 15 is 0 Å². The van der Waals surface area contributed by atoms with Crippen LogP contribution in [0.1, 0.15) is 51.4 Å². The number of carbonyl (C=O) groups is 2. The Kier molecular flexibility index (Phi) is 4.12. The van der Waals surface area contributed by atoms with Crippen LogP contribution in [0, 0.1) is 5.41 Å². The summed E-state index contributed by atoms with van der Waals surface area (Å²) in [6.07, 6.45) is 5.60. The van der Waals surface area contributed by atoms with Gasteiger partial charge < -0.3 is 10.2 Å². The monoisotopic (exact) mass is 214 g/mol. The average Bonchev–Trinajstić information content (AvgIpc) is 2.27. The summed E-state index contributed by atoms with van der Waals surface area (Å²) in [5, 5.41) is 17.7. The van der Waals surface area contributed by atoms with Crippen LogP contribution >= 0.6 is 0 Å². The van der Waals surface area contributed by atoms with Gasteiger partial charge in [-0.3, -0.25) is 9.59 Å². The van der Waals surface area contributed by atoms with Gasteiger partial charge >= 0.3 is 11.9 Å². The number of hydrogen-bond acceptors (Lipinski definition) is 2. The van der Waals surface area contributed by atoms with Crippen LogP contribution < -0.4 is 0 Å². The van der Waals surface area contributed by atoms with Crippen molar-refractivity contribution in [2.24, 2.45) is 5.41 Å². The minimum Gasteiger partial charge on any atom is -0.481 e. The van der Waals surface area contributed by atoms with Crippen LogP contribution in [-0.2, 0) is 9.59 Å². The number of carboxylic acid groups (broad SMARTS) is 2. The number of aliphatic carboxylic acids is 2. The van der Waals surface area contributed by atoms with Crippen LogP contribution in [-0.4, -0.2) is 22.2 Å². The molecule has 2 N–H and O–H groups in total. The summed E-state index contributed by atoms with van der Waals surface area (Å²) >= 11 is 0. The van der Waals surface area contributed by atoms with Crippen molar-refractivity contribution >= 4 is 11.9 Å². The van der Waals surface area contributed by atoms with Crippen molar-refractivity contribution in [3.05, 3.63) is 0 Å². The Labute approximate surface area is 89.3 Å². The lowest BCUT2D eigenvalue weighted by Gasteiger charge is -2.29. The van der Waals surface area contributed by atoms with Crippen molar-refractivity contribution in [1.82, 2.24) is 0 Å². The molecule has 15 heavy (non-hydrogen) atoms. The first kappa shape index (κ1) is 12.0. The molecule has 1 fully saturated rings. The molecular weight excluding hydrogens is 196 g/mol. The molecule has 0 aliphatic heterocycles. The quantitative estimate of drug-likeness (QED) is 0.704. The summed E-state index contributed by atoms with van der Waals surface area (Å²) in [5.41, 5.74) is -0.492. The minimum atomic E-state index is -0.877. The fourth-order valence-electron chi connectivity index (χ4n) is 2.54. The van der Waals surface area contributed by atoms with Crippen LogP contribution in [0.4, 0.5) is 0 Å². The van der Waals surface area contributed by atoms with Gasteiger partial charge in [0.1, 0.15) is 0 Å². The second kappa shape index (κ2) is 5.14. The standard InChI is InChI=1S/C11H18O4/c12-9(13)7-11(8-10(14)15)5-3-1-2-4-6-11/h1-8H2,(H,12,13)(H,14,15). The van der Waals surface area contributed by atoms with E-state index in [0.717, 1.165) is 38.5 Å². The lowest BCUT2D eigenvalue weighted by Crippen LogP contribution is -2.27. The maximum absolute atomic E-state index is 10.8. The smallest absolute Gasteiger partial charge is 0.303 e. The molecular formula is C11H18O4. The fraction of sp³-hybridized carbons (Fsp3) is 0.818. The molecule has 0 radical (unpaired) electrons. The van der Waals surface area contributed by atoms with Crippen LogP contribution in [0.25, 0.3) is 0 Å². The molecule has 4 heteroatoms. The zero-order valence-corrected chi connectivity index (χ0v) is 8.87. The molecule has 0 bridgehead atoms. The van der Waals surface area contributed by atoms with E-state index in [4.69, 9.17) is 10.2 Å². The highest BCUT2D eigenvalue weighted by molar-refractivity contribution is 5.71. The van der Waals surface area contributed by atoms with Crippen molar-refractivity contribution < 1.29 is 19.8 Å². The second-order valence-electron chi connectivity index (χ2n) is 4.56. The highest BCUT2D eigenvalue weighted by Crippen LogP contribution is 2.41. The number of carboxylic acids is 2. The molecule has 0 unspecified atom stereocenters. The van der Waals surface area contributed by atoms with E-state index in [0.29, 0.717) is 0 Å². The van der Waals surface area contributed by atoms with Gasteiger partial charge in [-0.1, -0.05) is 25.7 Å². The maximum atomic E-state index is 10.8. The van der Waals surface area contributed by atoms with E-state index in [-0.39, 0.29) is 12.8 Å². The summed E-state index contributed by atoms with van der Waals surface area (Å²) in [6.45, 7) is 0. The highest BCUT2D eigenvalue weighted by Gasteiger charge is 2.35. The first-order chi connectivity index (χ1) is 7.04. The molecule has 0 amide bonds. The van der Waals surface area contributed by atoms with Gasteiger partial charge in [-0.2, -0.15) is 0 Å². The molecule has 0 aromatic carbocycles. The number of rotatable bonds is 4. The van der Waals surface area contributed by atoms with E-state index in [2.05, 4.69) is 0 Å². The Bertz CT molecular complexity index is 221. The van der Waals surface area contributed by atoms with Gasteiger partial charge in [-0.05, 0) is 18.3 Å². The van der Waals surface area contributed by atoms with Gasteiger partial charge in [0.15, 0.2) is 0 Å². The average molecular weight is 214 g/mol. The molecule has 1 rings (SSSR count). The first-order valence-electron chi connectivity index (χ1n) is 5.48. The summed E-state index contributed by atoms with van der Waals surface area (Å²) in [5.74, 6) is -1.75. The molecule has 1 saturated carbocycles. The Morgan fingerprint density at radius 1 is 0.867 bits per heavy atom. The largest absolute Gasteiger partial charge is 0.481 e. The van der Waals surface area contributed by atoms with Crippen molar-refractivity contribution in [3.8, 4) is 0 Å². The second-order valence-corrected chi connectivity index (χ2v) is 4.56. The van der Waals surface area contributed by atoms with E-state index < -0.39 is 17.4 Å². The summed E-state index contributed by atoms with van der Waals surface area (Å²) in [7, 11) is 0. The summed E-state index contributed by atoms with van der Waals surface area (Å²) in [6, 6.07) is 0. The molecule has 86 valence electrons. The van der Waals surface area contributed by atoms with Gasteiger partial charge in [-0.15, -0.1) is 0 Å². The van der Waals surface area contributed by atoms with Crippen molar-refractivity contribution in [2.45, 2.75) is 51.4 Å². The molecule has 4 nitrogen and oxygen atoms in total. The molecule has 0 spiro atoms. The number of hydrogen-bond donors (Lipinski definition) is 2. The van der Waals surface area contributed by atoms with Gasteiger partial charge in [-0.25, -0.2) is 0 Å². The minimum absolute atomic E-state index is 0.000694. The topological polar surface area (TPSA) is 74.6 Å². The van der Waals surface area contributed by atoms with Crippen molar-refractivity contribution in [2.75, 3.05) is 0 Å². The molecule has 0 atom stereocenters. The van der Waals surface area contributed by atoms with Crippen molar-refractivity contribution in [3.63, 3.8) is 0 Å². The van der Waals surface area contributed by atoms with E-state index in [1.54, 1.807) is 0 Å². The molecule has 1 aliphatic rings. The Hall–Kier alpha value is -1.06. The lowest BCUT2D eigenvalue weighted by atomic mass is 9.75. The normalized spacial score (nSPS) is 20.5. The molecule has 1 aliphatic carbocycles. The molecule has 0 saturated heterocycles. The van der Waals surface area contributed by atoms with Crippen LogP contribution in [0.15, 0.2) is 0 Å².